The van der Waals surface area contributed by atoms with Gasteiger partial charge in [-0.25, -0.2) is 4.98 Å². The fraction of sp³-hybridized carbons (Fsp3) is 0.357. The number of thioether (sulfide) groups is 1. The fourth-order valence-corrected chi connectivity index (χ4v) is 2.43. The first-order valence-corrected chi connectivity index (χ1v) is 8.12. The Morgan fingerprint density at radius 3 is 2.91 bits per heavy atom. The first-order valence-electron chi connectivity index (χ1n) is 6.76. The van der Waals surface area contributed by atoms with Crippen molar-refractivity contribution in [2.45, 2.75) is 11.6 Å². The summed E-state index contributed by atoms with van der Waals surface area (Å²) in [6.07, 6.45) is 0.800. The summed E-state index contributed by atoms with van der Waals surface area (Å²) in [4.78, 5) is 16.0. The summed E-state index contributed by atoms with van der Waals surface area (Å²) in [6, 6.07) is 7.30. The first-order chi connectivity index (χ1) is 10.7. The van der Waals surface area contributed by atoms with Crippen LogP contribution in [0.1, 0.15) is 6.42 Å². The molecule has 1 aromatic heterocycles. The highest BCUT2D eigenvalue weighted by Crippen LogP contribution is 2.20. The van der Waals surface area contributed by atoms with E-state index in [2.05, 4.69) is 20.5 Å². The summed E-state index contributed by atoms with van der Waals surface area (Å²) in [7, 11) is 1.64. The van der Waals surface area contributed by atoms with E-state index in [9.17, 15) is 4.79 Å². The molecule has 0 saturated heterocycles. The molecule has 0 radical (unpaired) electrons. The van der Waals surface area contributed by atoms with E-state index in [0.717, 1.165) is 12.0 Å². The normalized spacial score (nSPS) is 10.6. The lowest BCUT2D eigenvalue weighted by atomic mass is 10.2. The smallest absolute Gasteiger partial charge is 0.230 e. The van der Waals surface area contributed by atoms with Gasteiger partial charge in [-0.2, -0.15) is 0 Å². The molecule has 0 aliphatic carbocycles. The van der Waals surface area contributed by atoms with E-state index in [1.54, 1.807) is 19.2 Å². The van der Waals surface area contributed by atoms with Crippen LogP contribution in [0.3, 0.4) is 0 Å². The van der Waals surface area contributed by atoms with E-state index in [-0.39, 0.29) is 11.7 Å². The highest BCUT2D eigenvalue weighted by molar-refractivity contribution is 7.99. The third kappa shape index (κ3) is 5.32. The lowest BCUT2D eigenvalue weighted by molar-refractivity contribution is -0.118. The van der Waals surface area contributed by atoms with Crippen LogP contribution in [0.5, 0.6) is 0 Å². The Morgan fingerprint density at radius 1 is 1.41 bits per heavy atom. The summed E-state index contributed by atoms with van der Waals surface area (Å²) in [5.41, 5.74) is 0.896. The minimum absolute atomic E-state index is 0.0426. The lowest BCUT2D eigenvalue weighted by Gasteiger charge is -2.02. The zero-order valence-corrected chi connectivity index (χ0v) is 13.7. The van der Waals surface area contributed by atoms with Crippen molar-refractivity contribution in [2.24, 2.45) is 0 Å². The molecule has 2 rings (SSSR count). The molecular formula is C14H17ClN4O2S. The van der Waals surface area contributed by atoms with E-state index in [1.807, 2.05) is 12.1 Å². The van der Waals surface area contributed by atoms with Crippen LogP contribution in [0.25, 0.3) is 11.4 Å². The van der Waals surface area contributed by atoms with E-state index in [1.165, 1.54) is 11.8 Å². The van der Waals surface area contributed by atoms with Gasteiger partial charge in [0.1, 0.15) is 0 Å². The third-order valence-electron chi connectivity index (χ3n) is 2.76. The molecule has 6 nitrogen and oxygen atoms in total. The van der Waals surface area contributed by atoms with Gasteiger partial charge >= 0.3 is 0 Å². The Balaban J connectivity index is 1.79. The lowest BCUT2D eigenvalue weighted by Crippen LogP contribution is -2.26. The molecule has 0 unspecified atom stereocenters. The maximum Gasteiger partial charge on any atom is 0.230 e. The van der Waals surface area contributed by atoms with Crippen LogP contribution in [-0.2, 0) is 9.53 Å². The number of carbonyl (C=O) groups excluding carboxylic acids is 1. The molecule has 0 fully saturated rings. The van der Waals surface area contributed by atoms with E-state index in [0.29, 0.717) is 29.2 Å². The van der Waals surface area contributed by atoms with Crippen molar-refractivity contribution in [1.82, 2.24) is 20.5 Å². The minimum Gasteiger partial charge on any atom is -0.385 e. The highest BCUT2D eigenvalue weighted by Gasteiger charge is 2.08. The Hall–Kier alpha value is -1.57. The second kappa shape index (κ2) is 8.77. The second-order valence-electron chi connectivity index (χ2n) is 4.46. The number of halogens is 1. The van der Waals surface area contributed by atoms with Crippen LogP contribution in [0, 0.1) is 0 Å². The molecule has 0 atom stereocenters. The number of H-pyrrole nitrogens is 1. The van der Waals surface area contributed by atoms with Crippen molar-refractivity contribution in [1.29, 1.82) is 0 Å². The van der Waals surface area contributed by atoms with Crippen LogP contribution in [0.2, 0.25) is 5.02 Å². The number of methoxy groups -OCH3 is 1. The largest absolute Gasteiger partial charge is 0.385 e. The van der Waals surface area contributed by atoms with Crippen LogP contribution in [0.15, 0.2) is 29.4 Å². The molecule has 0 saturated carbocycles. The Morgan fingerprint density at radius 2 is 2.18 bits per heavy atom. The Kier molecular flexibility index (Phi) is 6.70. The van der Waals surface area contributed by atoms with Gasteiger partial charge < -0.3 is 10.1 Å². The molecular weight excluding hydrogens is 324 g/mol. The summed E-state index contributed by atoms with van der Waals surface area (Å²) >= 11 is 7.14. The molecule has 22 heavy (non-hydrogen) atoms. The summed E-state index contributed by atoms with van der Waals surface area (Å²) in [5.74, 6) is 0.892. The number of hydrogen-bond donors (Lipinski definition) is 2. The molecule has 1 heterocycles. The molecule has 8 heteroatoms. The first kappa shape index (κ1) is 16.8. The number of aromatic amines is 1. The van der Waals surface area contributed by atoms with Crippen molar-refractivity contribution < 1.29 is 9.53 Å². The second-order valence-corrected chi connectivity index (χ2v) is 5.84. The van der Waals surface area contributed by atoms with Gasteiger partial charge in [0.15, 0.2) is 5.82 Å². The predicted molar refractivity (Wildman–Crippen MR) is 87.1 cm³/mol. The average Bonchev–Trinajstić information content (AvgIpc) is 2.99. The monoisotopic (exact) mass is 340 g/mol. The van der Waals surface area contributed by atoms with E-state index >= 15 is 0 Å². The van der Waals surface area contributed by atoms with Crippen molar-refractivity contribution in [3.63, 3.8) is 0 Å². The predicted octanol–water partition coefficient (Wildman–Crippen LogP) is 2.37. The zero-order chi connectivity index (χ0) is 15.8. The molecule has 0 aliphatic heterocycles. The molecule has 0 spiro atoms. The molecule has 0 aliphatic rings. The molecule has 2 aromatic rings. The number of hydrogen-bond acceptors (Lipinski definition) is 5. The number of nitrogens with zero attached hydrogens (tertiary/aromatic N) is 2. The zero-order valence-electron chi connectivity index (χ0n) is 12.1. The van der Waals surface area contributed by atoms with Crippen LogP contribution >= 0.6 is 23.4 Å². The van der Waals surface area contributed by atoms with E-state index in [4.69, 9.17) is 16.3 Å². The molecule has 2 N–H and O–H groups in total. The van der Waals surface area contributed by atoms with Gasteiger partial charge in [0.25, 0.3) is 0 Å². The van der Waals surface area contributed by atoms with Crippen molar-refractivity contribution in [3.8, 4) is 11.4 Å². The van der Waals surface area contributed by atoms with Crippen molar-refractivity contribution in [3.05, 3.63) is 29.3 Å². The van der Waals surface area contributed by atoms with Gasteiger partial charge in [0, 0.05) is 30.8 Å². The average molecular weight is 341 g/mol. The van der Waals surface area contributed by atoms with Gasteiger partial charge in [-0.3, -0.25) is 9.89 Å². The number of nitrogens with one attached hydrogen (secondary N) is 2. The molecule has 1 aromatic carbocycles. The fourth-order valence-electron chi connectivity index (χ4n) is 1.67. The minimum atomic E-state index is -0.0426. The summed E-state index contributed by atoms with van der Waals surface area (Å²) in [6.45, 7) is 1.25. The Bertz CT molecular complexity index is 603. The topological polar surface area (TPSA) is 79.9 Å². The van der Waals surface area contributed by atoms with Crippen LogP contribution < -0.4 is 5.32 Å². The van der Waals surface area contributed by atoms with Crippen LogP contribution in [-0.4, -0.2) is 47.1 Å². The SMILES string of the molecule is COCCCNC(=O)CSc1n[nH]c(-c2ccc(Cl)cc2)n1. The van der Waals surface area contributed by atoms with Gasteiger partial charge in [-0.05, 0) is 30.7 Å². The third-order valence-corrected chi connectivity index (χ3v) is 3.86. The maximum atomic E-state index is 11.6. The number of rotatable bonds is 8. The maximum absolute atomic E-state index is 11.6. The van der Waals surface area contributed by atoms with Crippen LogP contribution in [0.4, 0.5) is 0 Å². The number of aromatic nitrogens is 3. The number of benzene rings is 1. The Labute approximate surface area is 138 Å². The van der Waals surface area contributed by atoms with Gasteiger partial charge in [0.2, 0.25) is 11.1 Å². The van der Waals surface area contributed by atoms with Crippen molar-refractivity contribution >= 4 is 29.3 Å². The number of carbonyl (C=O) groups is 1. The molecule has 118 valence electrons. The number of ether oxygens (including phenoxy) is 1. The highest BCUT2D eigenvalue weighted by atomic mass is 35.5. The summed E-state index contributed by atoms with van der Waals surface area (Å²) < 4.78 is 4.92. The quantitative estimate of drug-likeness (QED) is 0.569. The molecule has 1 amide bonds. The van der Waals surface area contributed by atoms with E-state index < -0.39 is 0 Å². The molecule has 0 bridgehead atoms. The van der Waals surface area contributed by atoms with Gasteiger partial charge in [-0.1, -0.05) is 23.4 Å². The van der Waals surface area contributed by atoms with Crippen molar-refractivity contribution in [2.75, 3.05) is 26.0 Å². The van der Waals surface area contributed by atoms with Gasteiger partial charge in [-0.15, -0.1) is 5.10 Å². The number of amides is 1. The standard InChI is InChI=1S/C14H17ClN4O2S/c1-21-8-2-7-16-12(20)9-22-14-17-13(18-19-14)10-3-5-11(15)6-4-10/h3-6H,2,7-9H2,1H3,(H,16,20)(H,17,18,19). The summed E-state index contributed by atoms with van der Waals surface area (Å²) in [5, 5.41) is 11.0. The van der Waals surface area contributed by atoms with Gasteiger partial charge in [0.05, 0.1) is 5.75 Å².